The summed E-state index contributed by atoms with van der Waals surface area (Å²) in [6.45, 7) is 3.12. The van der Waals surface area contributed by atoms with Gasteiger partial charge in [0, 0.05) is 24.6 Å². The Morgan fingerprint density at radius 2 is 1.93 bits per heavy atom. The van der Waals surface area contributed by atoms with E-state index in [1.54, 1.807) is 6.92 Å². The lowest BCUT2D eigenvalue weighted by atomic mass is 9.72. The summed E-state index contributed by atoms with van der Waals surface area (Å²) in [5, 5.41) is 12.8. The van der Waals surface area contributed by atoms with Gasteiger partial charge in [0.2, 0.25) is 5.91 Å². The van der Waals surface area contributed by atoms with Gasteiger partial charge in [-0.05, 0) is 57.8 Å². The number of ether oxygens (including phenoxy) is 1. The number of carbonyl (C=O) groups excluding carboxylic acids is 1. The predicted octanol–water partition coefficient (Wildman–Crippen LogP) is 4.68. The first kappa shape index (κ1) is 26.9. The number of alkyl halides is 5. The van der Waals surface area contributed by atoms with Crippen molar-refractivity contribution in [2.24, 2.45) is 0 Å². The highest BCUT2D eigenvalue weighted by molar-refractivity contribution is 6.05. The zero-order chi connectivity index (χ0) is 28.4. The zero-order valence-corrected chi connectivity index (χ0v) is 21.6. The summed E-state index contributed by atoms with van der Waals surface area (Å²) >= 11 is 0. The fourth-order valence-electron chi connectivity index (χ4n) is 6.22. The number of rotatable bonds is 6. The molecule has 0 radical (unpaired) electrons. The second-order valence-corrected chi connectivity index (χ2v) is 11.2. The van der Waals surface area contributed by atoms with Crippen molar-refractivity contribution in [2.75, 3.05) is 31.6 Å². The van der Waals surface area contributed by atoms with Gasteiger partial charge in [-0.15, -0.1) is 0 Å². The van der Waals surface area contributed by atoms with Gasteiger partial charge in [0.15, 0.2) is 0 Å². The maximum Gasteiger partial charge on any atom is 0.431 e. The minimum atomic E-state index is -4.64. The molecule has 0 bridgehead atoms. The molecule has 1 saturated heterocycles. The van der Waals surface area contributed by atoms with Gasteiger partial charge in [-0.3, -0.25) is 14.1 Å². The van der Waals surface area contributed by atoms with Crippen LogP contribution in [-0.4, -0.2) is 62.1 Å². The molecular formula is C27H28F5N5O3. The normalized spacial score (nSPS) is 24.4. The molecule has 1 spiro atoms. The van der Waals surface area contributed by atoms with E-state index >= 15 is 0 Å². The highest BCUT2D eigenvalue weighted by atomic mass is 19.4. The zero-order valence-electron chi connectivity index (χ0n) is 21.6. The van der Waals surface area contributed by atoms with Crippen LogP contribution in [0.5, 0.6) is 5.75 Å². The molecular weight excluding hydrogens is 537 g/mol. The molecule has 8 nitrogen and oxygen atoms in total. The average Bonchev–Trinajstić information content (AvgIpc) is 3.41. The Morgan fingerprint density at radius 3 is 2.58 bits per heavy atom. The summed E-state index contributed by atoms with van der Waals surface area (Å²) in [5.41, 5.74) is -2.07. The molecule has 3 aromatic heterocycles. The van der Waals surface area contributed by atoms with Crippen molar-refractivity contribution in [3.05, 3.63) is 53.4 Å². The summed E-state index contributed by atoms with van der Waals surface area (Å²) in [4.78, 5) is 23.2. The standard InChI is InChI=1S/C27H28F5N5O3/c1-25(39)12-15(13-25)23-33-14-16-10-17(11-20(37(16)23)27(30,31)32)40-9-8-36-6-4-26(5-7-36)21-18(35-24(26)38)2-3-19(34-21)22(28)29/h2-3,10-11,14-15,22,39H,4-9,12-13H2,1H3,(H,35,38). The number of carbonyl (C=O) groups is 1. The van der Waals surface area contributed by atoms with Crippen LogP contribution in [-0.2, 0) is 16.4 Å². The van der Waals surface area contributed by atoms with Crippen LogP contribution in [0.2, 0.25) is 0 Å². The number of nitrogens with zero attached hydrogens (tertiary/aromatic N) is 4. The first-order valence-electron chi connectivity index (χ1n) is 13.1. The largest absolute Gasteiger partial charge is 0.492 e. The van der Waals surface area contributed by atoms with Crippen LogP contribution >= 0.6 is 0 Å². The van der Waals surface area contributed by atoms with Gasteiger partial charge in [0.05, 0.1) is 34.1 Å². The molecule has 1 aliphatic carbocycles. The molecule has 3 aromatic rings. The van der Waals surface area contributed by atoms with E-state index < -0.39 is 29.3 Å². The quantitative estimate of drug-likeness (QED) is 0.422. The van der Waals surface area contributed by atoms with Crippen LogP contribution in [0.3, 0.4) is 0 Å². The number of imidazole rings is 1. The Kier molecular flexibility index (Phi) is 6.30. The van der Waals surface area contributed by atoms with Crippen LogP contribution < -0.4 is 10.1 Å². The molecule has 6 rings (SSSR count). The van der Waals surface area contributed by atoms with Gasteiger partial charge in [0.1, 0.15) is 29.6 Å². The van der Waals surface area contributed by atoms with Crippen LogP contribution in [0.4, 0.5) is 27.6 Å². The van der Waals surface area contributed by atoms with Crippen molar-refractivity contribution in [3.8, 4) is 5.75 Å². The third-order valence-corrected chi connectivity index (χ3v) is 8.32. The summed E-state index contributed by atoms with van der Waals surface area (Å²) in [5.74, 6) is -0.182. The molecule has 5 heterocycles. The molecule has 1 amide bonds. The number of likely N-dealkylation sites (tertiary alicyclic amines) is 1. The number of anilines is 1. The van der Waals surface area contributed by atoms with Crippen molar-refractivity contribution >= 4 is 17.1 Å². The van der Waals surface area contributed by atoms with Gasteiger partial charge in [-0.2, -0.15) is 13.2 Å². The van der Waals surface area contributed by atoms with E-state index in [4.69, 9.17) is 4.74 Å². The monoisotopic (exact) mass is 565 g/mol. The van der Waals surface area contributed by atoms with Crippen molar-refractivity contribution in [2.45, 2.75) is 62.1 Å². The lowest BCUT2D eigenvalue weighted by Gasteiger charge is -2.40. The van der Waals surface area contributed by atoms with E-state index in [-0.39, 0.29) is 41.2 Å². The number of nitrogens with one attached hydrogen (secondary N) is 1. The van der Waals surface area contributed by atoms with Crippen molar-refractivity contribution in [3.63, 3.8) is 0 Å². The molecule has 13 heteroatoms. The number of amides is 1. The van der Waals surface area contributed by atoms with Gasteiger partial charge in [-0.25, -0.2) is 18.7 Å². The molecule has 2 N–H and O–H groups in total. The van der Waals surface area contributed by atoms with E-state index in [9.17, 15) is 31.9 Å². The number of aromatic nitrogens is 3. The molecule has 3 aliphatic rings. The molecule has 2 aliphatic heterocycles. The molecule has 214 valence electrons. The summed E-state index contributed by atoms with van der Waals surface area (Å²) in [7, 11) is 0. The van der Waals surface area contributed by atoms with Crippen LogP contribution in [0.1, 0.15) is 67.9 Å². The SMILES string of the molecule is CC1(O)CC(c2ncc3cc(OCCN4CCC5(CC4)C(=O)Nc4ccc(C(F)F)nc45)cc(C(F)(F)F)n23)C1. The second-order valence-electron chi connectivity index (χ2n) is 11.2. The molecule has 0 aromatic carbocycles. The summed E-state index contributed by atoms with van der Waals surface area (Å²) in [6, 6.07) is 5.15. The van der Waals surface area contributed by atoms with Crippen molar-refractivity contribution < 1.29 is 36.6 Å². The van der Waals surface area contributed by atoms with E-state index in [0.29, 0.717) is 56.7 Å². The number of pyridine rings is 2. The highest BCUT2D eigenvalue weighted by Gasteiger charge is 2.50. The summed E-state index contributed by atoms with van der Waals surface area (Å²) in [6.07, 6.45) is -4.56. The Hall–Kier alpha value is -3.32. The minimum Gasteiger partial charge on any atom is -0.492 e. The number of halogens is 5. The van der Waals surface area contributed by atoms with E-state index in [1.807, 2.05) is 4.90 Å². The molecule has 0 unspecified atom stereocenters. The lowest BCUT2D eigenvalue weighted by Crippen LogP contribution is -2.47. The predicted molar refractivity (Wildman–Crippen MR) is 133 cm³/mol. The van der Waals surface area contributed by atoms with Gasteiger partial charge >= 0.3 is 6.18 Å². The molecule has 2 fully saturated rings. The van der Waals surface area contributed by atoms with Crippen LogP contribution in [0.25, 0.3) is 5.52 Å². The minimum absolute atomic E-state index is 0.0631. The maximum atomic E-state index is 14.0. The fourth-order valence-corrected chi connectivity index (χ4v) is 6.22. The lowest BCUT2D eigenvalue weighted by molar-refractivity contribution is -0.142. The number of hydrogen-bond acceptors (Lipinski definition) is 6. The van der Waals surface area contributed by atoms with E-state index in [2.05, 4.69) is 15.3 Å². The molecule has 1 saturated carbocycles. The topological polar surface area (TPSA) is 92.0 Å². The van der Waals surface area contributed by atoms with Gasteiger partial charge < -0.3 is 15.2 Å². The first-order valence-corrected chi connectivity index (χ1v) is 13.1. The van der Waals surface area contributed by atoms with Crippen LogP contribution in [0, 0.1) is 0 Å². The Balaban J connectivity index is 1.12. The van der Waals surface area contributed by atoms with Crippen LogP contribution in [0.15, 0.2) is 30.5 Å². The number of piperidine rings is 1. The second kappa shape index (κ2) is 9.37. The Labute approximate surface area is 226 Å². The molecule has 0 atom stereocenters. The average molecular weight is 566 g/mol. The molecule has 40 heavy (non-hydrogen) atoms. The first-order chi connectivity index (χ1) is 18.9. The number of hydrogen-bond donors (Lipinski definition) is 2. The third kappa shape index (κ3) is 4.58. The van der Waals surface area contributed by atoms with Crippen molar-refractivity contribution in [1.82, 2.24) is 19.3 Å². The number of aliphatic hydroxyl groups is 1. The smallest absolute Gasteiger partial charge is 0.431 e. The summed E-state index contributed by atoms with van der Waals surface area (Å²) < 4.78 is 75.3. The Morgan fingerprint density at radius 1 is 1.20 bits per heavy atom. The highest BCUT2D eigenvalue weighted by Crippen LogP contribution is 2.46. The van der Waals surface area contributed by atoms with Gasteiger partial charge in [-0.1, -0.05) is 0 Å². The van der Waals surface area contributed by atoms with Gasteiger partial charge in [0.25, 0.3) is 6.43 Å². The maximum absolute atomic E-state index is 14.0. The third-order valence-electron chi connectivity index (χ3n) is 8.32. The number of fused-ring (bicyclic) bond motifs is 3. The Bertz CT molecular complexity index is 1450. The fraction of sp³-hybridized carbons (Fsp3) is 0.519. The van der Waals surface area contributed by atoms with Crippen molar-refractivity contribution in [1.29, 1.82) is 0 Å². The van der Waals surface area contributed by atoms with E-state index in [1.165, 1.54) is 24.4 Å². The van der Waals surface area contributed by atoms with E-state index in [0.717, 1.165) is 10.5 Å².